The van der Waals surface area contributed by atoms with Gasteiger partial charge in [0.25, 0.3) is 5.91 Å². The third kappa shape index (κ3) is 6.21. The fraction of sp³-hybridized carbons (Fsp3) is 0.292. The van der Waals surface area contributed by atoms with Crippen LogP contribution in [0.4, 0.5) is 0 Å². The topological polar surface area (TPSA) is 107 Å². The fourth-order valence-corrected chi connectivity index (χ4v) is 3.92. The van der Waals surface area contributed by atoms with E-state index in [0.29, 0.717) is 30.8 Å². The van der Waals surface area contributed by atoms with Gasteiger partial charge in [-0.05, 0) is 59.7 Å². The van der Waals surface area contributed by atoms with Gasteiger partial charge in [0.1, 0.15) is 6.04 Å². The Morgan fingerprint density at radius 1 is 1.16 bits per heavy atom. The molecule has 0 aliphatic carbocycles. The molecule has 0 fully saturated rings. The Morgan fingerprint density at radius 2 is 1.97 bits per heavy atom. The number of H-pyrrole nitrogens is 1. The van der Waals surface area contributed by atoms with Crippen molar-refractivity contribution in [1.82, 2.24) is 20.6 Å². The van der Waals surface area contributed by atoms with Gasteiger partial charge in [-0.1, -0.05) is 30.3 Å². The van der Waals surface area contributed by atoms with E-state index in [-0.39, 0.29) is 5.91 Å². The van der Waals surface area contributed by atoms with Crippen LogP contribution >= 0.6 is 11.8 Å². The number of hydrogen-bond acceptors (Lipinski definition) is 5. The van der Waals surface area contributed by atoms with Crippen LogP contribution in [0.25, 0.3) is 11.1 Å². The number of imidazole rings is 1. The first kappa shape index (κ1) is 23.6. The predicted molar refractivity (Wildman–Crippen MR) is 128 cm³/mol. The van der Waals surface area contributed by atoms with Gasteiger partial charge >= 0.3 is 5.97 Å². The molecular formula is C24H28N4O3S. The van der Waals surface area contributed by atoms with E-state index < -0.39 is 12.0 Å². The summed E-state index contributed by atoms with van der Waals surface area (Å²) in [7, 11) is 0. The highest BCUT2D eigenvalue weighted by Crippen LogP contribution is 2.28. The van der Waals surface area contributed by atoms with E-state index in [4.69, 9.17) is 0 Å². The average molecular weight is 453 g/mol. The Hall–Kier alpha value is -3.10. The van der Waals surface area contributed by atoms with E-state index in [2.05, 4.69) is 20.6 Å². The van der Waals surface area contributed by atoms with Crippen molar-refractivity contribution in [2.24, 2.45) is 0 Å². The summed E-state index contributed by atoms with van der Waals surface area (Å²) >= 11 is 1.55. The number of aromatic amines is 1. The van der Waals surface area contributed by atoms with Gasteiger partial charge in [0, 0.05) is 30.5 Å². The summed E-state index contributed by atoms with van der Waals surface area (Å²) in [6.45, 7) is 3.27. The third-order valence-corrected chi connectivity index (χ3v) is 5.82. The maximum Gasteiger partial charge on any atom is 0.326 e. The molecule has 4 N–H and O–H groups in total. The van der Waals surface area contributed by atoms with Crippen LogP contribution in [0.15, 0.2) is 55.0 Å². The van der Waals surface area contributed by atoms with E-state index in [9.17, 15) is 14.7 Å². The van der Waals surface area contributed by atoms with Crippen LogP contribution in [0.3, 0.4) is 0 Å². The molecule has 8 heteroatoms. The monoisotopic (exact) mass is 452 g/mol. The lowest BCUT2D eigenvalue weighted by molar-refractivity contribution is -0.139. The van der Waals surface area contributed by atoms with Crippen LogP contribution in [0, 0.1) is 6.92 Å². The molecule has 0 aliphatic rings. The molecule has 3 rings (SSSR count). The number of carboxylic acids is 1. The lowest BCUT2D eigenvalue weighted by Crippen LogP contribution is -2.41. The van der Waals surface area contributed by atoms with E-state index in [0.717, 1.165) is 27.9 Å². The van der Waals surface area contributed by atoms with Crippen LogP contribution in [0.5, 0.6) is 0 Å². The van der Waals surface area contributed by atoms with Gasteiger partial charge in [-0.2, -0.15) is 11.8 Å². The zero-order valence-electron chi connectivity index (χ0n) is 18.2. The SMILES string of the molecule is CSCC[C@@H](NC(=O)c1ccc(CNCc2cnc[nH]2)cc1-c1ccccc1C)C(=O)O. The van der Waals surface area contributed by atoms with Gasteiger partial charge in [0.2, 0.25) is 0 Å². The molecule has 168 valence electrons. The number of amides is 1. The van der Waals surface area contributed by atoms with E-state index in [1.807, 2.05) is 49.6 Å². The summed E-state index contributed by atoms with van der Waals surface area (Å²) in [5.41, 5.74) is 5.26. The Morgan fingerprint density at radius 3 is 2.66 bits per heavy atom. The first-order chi connectivity index (χ1) is 15.5. The fourth-order valence-electron chi connectivity index (χ4n) is 3.45. The molecule has 1 atom stereocenters. The number of carboxylic acid groups (broad SMARTS) is 1. The Bertz CT molecular complexity index is 1050. The molecule has 0 spiro atoms. The van der Waals surface area contributed by atoms with Crippen molar-refractivity contribution in [3.8, 4) is 11.1 Å². The molecule has 32 heavy (non-hydrogen) atoms. The van der Waals surface area contributed by atoms with E-state index in [1.165, 1.54) is 0 Å². The van der Waals surface area contributed by atoms with Gasteiger partial charge in [-0.25, -0.2) is 9.78 Å². The number of carbonyl (C=O) groups excluding carboxylic acids is 1. The molecule has 1 aromatic heterocycles. The first-order valence-corrected chi connectivity index (χ1v) is 11.8. The molecular weight excluding hydrogens is 424 g/mol. The highest BCUT2D eigenvalue weighted by Gasteiger charge is 2.22. The smallest absolute Gasteiger partial charge is 0.326 e. The molecule has 1 heterocycles. The molecule has 3 aromatic rings. The van der Waals surface area contributed by atoms with Crippen molar-refractivity contribution < 1.29 is 14.7 Å². The highest BCUT2D eigenvalue weighted by atomic mass is 32.2. The molecule has 0 bridgehead atoms. The van der Waals surface area contributed by atoms with Crippen LogP contribution in [0.2, 0.25) is 0 Å². The molecule has 0 aliphatic heterocycles. The average Bonchev–Trinajstić information content (AvgIpc) is 3.30. The van der Waals surface area contributed by atoms with E-state index >= 15 is 0 Å². The number of thioether (sulfide) groups is 1. The Kier molecular flexibility index (Phi) is 8.47. The number of aromatic nitrogens is 2. The normalized spacial score (nSPS) is 11.8. The zero-order valence-corrected chi connectivity index (χ0v) is 19.0. The maximum absolute atomic E-state index is 13.1. The minimum atomic E-state index is -1.02. The van der Waals surface area contributed by atoms with Gasteiger partial charge in [0.05, 0.1) is 6.33 Å². The molecule has 7 nitrogen and oxygen atoms in total. The second-order valence-corrected chi connectivity index (χ2v) is 8.51. The third-order valence-electron chi connectivity index (χ3n) is 5.18. The molecule has 0 saturated heterocycles. The Labute approximate surface area is 192 Å². The molecule has 1 amide bonds. The van der Waals surface area contributed by atoms with Crippen molar-refractivity contribution >= 4 is 23.6 Å². The van der Waals surface area contributed by atoms with Crippen molar-refractivity contribution in [2.75, 3.05) is 12.0 Å². The molecule has 0 unspecified atom stereocenters. The number of nitrogens with zero attached hydrogens (tertiary/aromatic N) is 1. The minimum Gasteiger partial charge on any atom is -0.480 e. The number of hydrogen-bond donors (Lipinski definition) is 4. The van der Waals surface area contributed by atoms with Crippen molar-refractivity contribution in [2.45, 2.75) is 32.5 Å². The van der Waals surface area contributed by atoms with Gasteiger partial charge in [-0.3, -0.25) is 4.79 Å². The number of rotatable bonds is 11. The number of nitrogens with one attached hydrogen (secondary N) is 3. The highest BCUT2D eigenvalue weighted by molar-refractivity contribution is 7.98. The quantitative estimate of drug-likeness (QED) is 0.354. The summed E-state index contributed by atoms with van der Waals surface area (Å²) in [6, 6.07) is 12.6. The number of aryl methyl sites for hydroxylation is 1. The Balaban J connectivity index is 1.86. The molecule has 0 radical (unpaired) electrons. The van der Waals surface area contributed by atoms with Crippen molar-refractivity contribution in [1.29, 1.82) is 0 Å². The van der Waals surface area contributed by atoms with Crippen LogP contribution in [0.1, 0.15) is 33.6 Å². The van der Waals surface area contributed by atoms with Crippen LogP contribution in [-0.4, -0.2) is 45.0 Å². The maximum atomic E-state index is 13.1. The predicted octanol–water partition coefficient (Wildman–Crippen LogP) is 3.61. The second kappa shape index (κ2) is 11.5. The summed E-state index contributed by atoms with van der Waals surface area (Å²) in [5, 5.41) is 15.6. The minimum absolute atomic E-state index is 0.373. The number of carbonyl (C=O) groups is 2. The summed E-state index contributed by atoms with van der Waals surface area (Å²) in [6.07, 6.45) is 5.70. The van der Waals surface area contributed by atoms with Gasteiger partial charge < -0.3 is 20.7 Å². The lowest BCUT2D eigenvalue weighted by Gasteiger charge is -2.18. The summed E-state index contributed by atoms with van der Waals surface area (Å²) < 4.78 is 0. The molecule has 2 aromatic carbocycles. The zero-order chi connectivity index (χ0) is 22.9. The van der Waals surface area contributed by atoms with Crippen LogP contribution < -0.4 is 10.6 Å². The first-order valence-electron chi connectivity index (χ1n) is 10.4. The summed E-state index contributed by atoms with van der Waals surface area (Å²) in [5.74, 6) is -0.749. The summed E-state index contributed by atoms with van der Waals surface area (Å²) in [4.78, 5) is 31.8. The standard InChI is InChI=1S/C24H28N4O3S/c1-16-5-3-4-6-19(16)21-11-17(12-25-13-18-14-26-15-27-18)7-8-20(21)23(29)28-22(24(30)31)9-10-32-2/h3-8,11,14-15,22,25H,9-10,12-13H2,1-2H3,(H,26,27)(H,28,29)(H,30,31)/t22-/m1/s1. The largest absolute Gasteiger partial charge is 0.480 e. The van der Waals surface area contributed by atoms with Crippen LogP contribution in [-0.2, 0) is 17.9 Å². The number of benzene rings is 2. The van der Waals surface area contributed by atoms with Crippen molar-refractivity contribution in [3.05, 3.63) is 77.4 Å². The van der Waals surface area contributed by atoms with E-state index in [1.54, 1.807) is 30.4 Å². The second-order valence-electron chi connectivity index (χ2n) is 7.52. The number of aliphatic carboxylic acids is 1. The van der Waals surface area contributed by atoms with Gasteiger partial charge in [-0.15, -0.1) is 0 Å². The van der Waals surface area contributed by atoms with Crippen molar-refractivity contribution in [3.63, 3.8) is 0 Å². The van der Waals surface area contributed by atoms with Gasteiger partial charge in [0.15, 0.2) is 0 Å². The lowest BCUT2D eigenvalue weighted by atomic mass is 9.93. The molecule has 0 saturated carbocycles.